The summed E-state index contributed by atoms with van der Waals surface area (Å²) in [5, 5.41) is 5.51. The maximum atomic E-state index is 12.3. The Kier molecular flexibility index (Phi) is 6.01. The van der Waals surface area contributed by atoms with Gasteiger partial charge >= 0.3 is 0 Å². The molecule has 0 saturated heterocycles. The van der Waals surface area contributed by atoms with Crippen LogP contribution < -0.4 is 10.0 Å². The maximum Gasteiger partial charge on any atom is 0.237 e. The molecule has 1 unspecified atom stereocenters. The van der Waals surface area contributed by atoms with Gasteiger partial charge in [0.25, 0.3) is 0 Å². The Bertz CT molecular complexity index is 536. The molecule has 1 fully saturated rings. The number of thiazole rings is 1. The minimum Gasteiger partial charge on any atom is -0.309 e. The number of hydrogen-bond donors (Lipinski definition) is 2. The Morgan fingerprint density at radius 2 is 2.10 bits per heavy atom. The van der Waals surface area contributed by atoms with E-state index in [1.165, 1.54) is 11.3 Å². The topological polar surface area (TPSA) is 71.1 Å². The predicted molar refractivity (Wildman–Crippen MR) is 88.2 cm³/mol. The molecule has 2 rings (SSSR count). The number of rotatable bonds is 7. The highest BCUT2D eigenvalue weighted by Gasteiger charge is 2.28. The summed E-state index contributed by atoms with van der Waals surface area (Å²) in [4.78, 5) is 4.41. The number of hydrogen-bond acceptors (Lipinski definition) is 5. The summed E-state index contributed by atoms with van der Waals surface area (Å²) in [5.74, 6) is 0. The monoisotopic (exact) mass is 331 g/mol. The van der Waals surface area contributed by atoms with Gasteiger partial charge in [0.2, 0.25) is 10.0 Å². The van der Waals surface area contributed by atoms with Crippen LogP contribution in [0.2, 0.25) is 0 Å². The number of anilines is 1. The van der Waals surface area contributed by atoms with Gasteiger partial charge < -0.3 is 5.32 Å². The van der Waals surface area contributed by atoms with Crippen molar-refractivity contribution in [3.63, 3.8) is 0 Å². The second kappa shape index (κ2) is 7.56. The molecule has 0 radical (unpaired) electrons. The van der Waals surface area contributed by atoms with Gasteiger partial charge in [0, 0.05) is 11.4 Å². The predicted octanol–water partition coefficient (Wildman–Crippen LogP) is 3.28. The van der Waals surface area contributed by atoms with E-state index in [2.05, 4.69) is 21.9 Å². The molecule has 1 aromatic rings. The second-order valence-electron chi connectivity index (χ2n) is 5.66. The molecule has 0 bridgehead atoms. The summed E-state index contributed by atoms with van der Waals surface area (Å²) in [5.41, 5.74) is 0.898. The van der Waals surface area contributed by atoms with Crippen molar-refractivity contribution >= 4 is 26.5 Å². The summed E-state index contributed by atoms with van der Waals surface area (Å²) in [6.07, 6.45) is 5.76. The standard InChI is InChI=1S/C14H25N3O2S2/c1-3-9-15-11(2)13-10-20-14(16-13)17-21(18,19)12-7-5-4-6-8-12/h10-12,15H,3-9H2,1-2H3,(H,16,17). The van der Waals surface area contributed by atoms with E-state index in [1.54, 1.807) is 0 Å². The van der Waals surface area contributed by atoms with Crippen molar-refractivity contribution in [3.05, 3.63) is 11.1 Å². The smallest absolute Gasteiger partial charge is 0.237 e. The van der Waals surface area contributed by atoms with Crippen molar-refractivity contribution in [2.24, 2.45) is 0 Å². The van der Waals surface area contributed by atoms with Crippen LogP contribution in [0, 0.1) is 0 Å². The Hall–Kier alpha value is -0.660. The molecular weight excluding hydrogens is 306 g/mol. The van der Waals surface area contributed by atoms with Crippen molar-refractivity contribution in [2.75, 3.05) is 11.3 Å². The van der Waals surface area contributed by atoms with Gasteiger partial charge in [-0.05, 0) is 32.7 Å². The fourth-order valence-electron chi connectivity index (χ4n) is 2.58. The molecule has 1 aromatic heterocycles. The van der Waals surface area contributed by atoms with Crippen molar-refractivity contribution in [1.29, 1.82) is 0 Å². The highest BCUT2D eigenvalue weighted by molar-refractivity contribution is 7.93. The van der Waals surface area contributed by atoms with Gasteiger partial charge in [0.05, 0.1) is 10.9 Å². The minimum absolute atomic E-state index is 0.147. The number of sulfonamides is 1. The average molecular weight is 332 g/mol. The van der Waals surface area contributed by atoms with E-state index >= 15 is 0 Å². The Morgan fingerprint density at radius 3 is 2.76 bits per heavy atom. The molecule has 1 aliphatic rings. The molecule has 1 atom stereocenters. The average Bonchev–Trinajstić information content (AvgIpc) is 2.93. The highest BCUT2D eigenvalue weighted by Crippen LogP contribution is 2.27. The summed E-state index contributed by atoms with van der Waals surface area (Å²) < 4.78 is 27.4. The Balaban J connectivity index is 1.98. The SMILES string of the molecule is CCCNC(C)c1csc(NS(=O)(=O)C2CCCCC2)n1. The van der Waals surface area contributed by atoms with Crippen molar-refractivity contribution in [1.82, 2.24) is 10.3 Å². The molecular formula is C14H25N3O2S2. The first-order chi connectivity index (χ1) is 10.0. The molecule has 7 heteroatoms. The van der Waals surface area contributed by atoms with Gasteiger partial charge in [0.1, 0.15) is 0 Å². The number of aromatic nitrogens is 1. The van der Waals surface area contributed by atoms with E-state index in [9.17, 15) is 8.42 Å². The molecule has 0 aliphatic heterocycles. The normalized spacial score (nSPS) is 18.6. The summed E-state index contributed by atoms with van der Waals surface area (Å²) in [6, 6.07) is 0.147. The first-order valence-corrected chi connectivity index (χ1v) is 10.2. The molecule has 0 spiro atoms. The third kappa shape index (κ3) is 4.66. The van der Waals surface area contributed by atoms with Crippen molar-refractivity contribution < 1.29 is 8.42 Å². The van der Waals surface area contributed by atoms with Crippen LogP contribution in [0.5, 0.6) is 0 Å². The van der Waals surface area contributed by atoms with Crippen molar-refractivity contribution in [3.8, 4) is 0 Å². The van der Waals surface area contributed by atoms with E-state index in [0.29, 0.717) is 5.13 Å². The number of nitrogens with zero attached hydrogens (tertiary/aromatic N) is 1. The summed E-state index contributed by atoms with van der Waals surface area (Å²) in [6.45, 7) is 5.09. The van der Waals surface area contributed by atoms with E-state index in [0.717, 1.165) is 50.8 Å². The van der Waals surface area contributed by atoms with Crippen LogP contribution in [0.1, 0.15) is 64.1 Å². The van der Waals surface area contributed by atoms with Gasteiger partial charge in [-0.2, -0.15) is 0 Å². The van der Waals surface area contributed by atoms with Crippen LogP contribution in [0.25, 0.3) is 0 Å². The lowest BCUT2D eigenvalue weighted by atomic mass is 10.0. The Labute approximate surface area is 131 Å². The molecule has 120 valence electrons. The van der Waals surface area contributed by atoms with Crippen LogP contribution in [0.15, 0.2) is 5.38 Å². The van der Waals surface area contributed by atoms with E-state index in [1.807, 2.05) is 12.3 Å². The van der Waals surface area contributed by atoms with Gasteiger partial charge in [-0.1, -0.05) is 26.2 Å². The lowest BCUT2D eigenvalue weighted by Crippen LogP contribution is -2.29. The third-order valence-electron chi connectivity index (χ3n) is 3.89. The van der Waals surface area contributed by atoms with E-state index < -0.39 is 10.0 Å². The van der Waals surface area contributed by atoms with Crippen LogP contribution in [-0.2, 0) is 10.0 Å². The zero-order valence-corrected chi connectivity index (χ0v) is 14.4. The summed E-state index contributed by atoms with van der Waals surface area (Å²) >= 11 is 1.36. The molecule has 1 heterocycles. The molecule has 5 nitrogen and oxygen atoms in total. The van der Waals surface area contributed by atoms with Crippen LogP contribution in [0.4, 0.5) is 5.13 Å². The highest BCUT2D eigenvalue weighted by atomic mass is 32.2. The molecule has 2 N–H and O–H groups in total. The summed E-state index contributed by atoms with van der Waals surface area (Å²) in [7, 11) is -3.29. The fraction of sp³-hybridized carbons (Fsp3) is 0.786. The largest absolute Gasteiger partial charge is 0.309 e. The number of nitrogens with one attached hydrogen (secondary N) is 2. The molecule has 0 aromatic carbocycles. The van der Waals surface area contributed by atoms with E-state index in [-0.39, 0.29) is 11.3 Å². The fourth-order valence-corrected chi connectivity index (χ4v) is 5.18. The third-order valence-corrected chi connectivity index (χ3v) is 6.62. The maximum absolute atomic E-state index is 12.3. The van der Waals surface area contributed by atoms with Crippen LogP contribution in [0.3, 0.4) is 0 Å². The zero-order chi connectivity index (χ0) is 15.3. The molecule has 1 saturated carbocycles. The van der Waals surface area contributed by atoms with Crippen LogP contribution >= 0.6 is 11.3 Å². The van der Waals surface area contributed by atoms with Gasteiger partial charge in [-0.3, -0.25) is 4.72 Å². The van der Waals surface area contributed by atoms with Crippen molar-refractivity contribution in [2.45, 2.75) is 63.7 Å². The molecule has 1 aliphatic carbocycles. The van der Waals surface area contributed by atoms with E-state index in [4.69, 9.17) is 0 Å². The minimum atomic E-state index is -3.29. The lowest BCUT2D eigenvalue weighted by Gasteiger charge is -2.21. The quantitative estimate of drug-likeness (QED) is 0.804. The lowest BCUT2D eigenvalue weighted by molar-refractivity contribution is 0.486. The first kappa shape index (κ1) is 16.7. The first-order valence-electron chi connectivity index (χ1n) is 7.73. The Morgan fingerprint density at radius 1 is 1.38 bits per heavy atom. The van der Waals surface area contributed by atoms with Gasteiger partial charge in [0.15, 0.2) is 5.13 Å². The molecule has 21 heavy (non-hydrogen) atoms. The van der Waals surface area contributed by atoms with Gasteiger partial charge in [-0.15, -0.1) is 11.3 Å². The van der Waals surface area contributed by atoms with Gasteiger partial charge in [-0.25, -0.2) is 13.4 Å². The molecule has 0 amide bonds. The zero-order valence-electron chi connectivity index (χ0n) is 12.8. The second-order valence-corrected chi connectivity index (χ2v) is 8.48. The van der Waals surface area contributed by atoms with Crippen LogP contribution in [-0.4, -0.2) is 25.2 Å².